The lowest BCUT2D eigenvalue weighted by Crippen LogP contribution is -2.34. The average molecular weight is 382 g/mol. The van der Waals surface area contributed by atoms with E-state index < -0.39 is 0 Å². The highest BCUT2D eigenvalue weighted by atomic mass is 35.5. The van der Waals surface area contributed by atoms with E-state index >= 15 is 0 Å². The van der Waals surface area contributed by atoms with E-state index in [0.29, 0.717) is 5.02 Å². The molecule has 1 atom stereocenters. The van der Waals surface area contributed by atoms with Crippen molar-refractivity contribution >= 4 is 34.1 Å². The third-order valence-corrected chi connectivity index (χ3v) is 4.70. The predicted molar refractivity (Wildman–Crippen MR) is 113 cm³/mol. The van der Waals surface area contributed by atoms with E-state index in [9.17, 15) is 4.79 Å². The van der Waals surface area contributed by atoms with Gasteiger partial charge in [-0.1, -0.05) is 54.1 Å². The minimum Gasteiger partial charge on any atom is -0.331 e. The Hall–Kier alpha value is -2.56. The molecule has 5 heteroatoms. The number of fused-ring (bicyclic) bond motifs is 1. The van der Waals surface area contributed by atoms with Crippen LogP contribution >= 0.6 is 11.6 Å². The number of carbonyl (C=O) groups is 1. The van der Waals surface area contributed by atoms with Crippen LogP contribution in [0.5, 0.6) is 0 Å². The zero-order valence-electron chi connectivity index (χ0n) is 15.6. The van der Waals surface area contributed by atoms with Crippen molar-refractivity contribution in [1.82, 2.24) is 10.2 Å². The second-order valence-electron chi connectivity index (χ2n) is 6.86. The fraction of sp³-hybridized carbons (Fsp3) is 0.227. The topological polar surface area (TPSA) is 44.4 Å². The van der Waals surface area contributed by atoms with Gasteiger partial charge in [0.15, 0.2) is 0 Å². The molecular formula is C22H24ClN3O. The molecule has 0 aliphatic heterocycles. The fourth-order valence-electron chi connectivity index (χ4n) is 3.00. The molecule has 0 saturated carbocycles. The first-order chi connectivity index (χ1) is 13.0. The summed E-state index contributed by atoms with van der Waals surface area (Å²) in [6.07, 6.45) is 0.805. The standard InChI is InChI=1S/C22H24ClN3O/c1-26(2)14-13-21(17-7-10-19(23)11-8-17)25-22(27)24-20-12-9-16-5-3-4-6-18(16)15-20/h3-12,15,21H,13-14H2,1-2H3,(H2,24,25,27). The number of nitrogens with one attached hydrogen (secondary N) is 2. The Labute approximate surface area is 165 Å². The molecule has 0 saturated heterocycles. The van der Waals surface area contributed by atoms with Gasteiger partial charge in [-0.3, -0.25) is 0 Å². The second kappa shape index (κ2) is 8.89. The minimum atomic E-state index is -0.219. The van der Waals surface area contributed by atoms with Crippen molar-refractivity contribution in [2.45, 2.75) is 12.5 Å². The third-order valence-electron chi connectivity index (χ3n) is 4.45. The molecule has 0 bridgehead atoms. The van der Waals surface area contributed by atoms with E-state index in [0.717, 1.165) is 35.0 Å². The third kappa shape index (κ3) is 5.46. The van der Waals surface area contributed by atoms with Gasteiger partial charge >= 0.3 is 6.03 Å². The Morgan fingerprint density at radius 2 is 1.70 bits per heavy atom. The number of hydrogen-bond acceptors (Lipinski definition) is 2. The molecule has 1 unspecified atom stereocenters. The van der Waals surface area contributed by atoms with Gasteiger partial charge in [0.2, 0.25) is 0 Å². The van der Waals surface area contributed by atoms with Gasteiger partial charge in [0.1, 0.15) is 0 Å². The number of carbonyl (C=O) groups excluding carboxylic acids is 1. The van der Waals surface area contributed by atoms with Crippen LogP contribution in [0.4, 0.5) is 10.5 Å². The molecule has 0 spiro atoms. The fourth-order valence-corrected chi connectivity index (χ4v) is 3.12. The zero-order valence-corrected chi connectivity index (χ0v) is 16.3. The van der Waals surface area contributed by atoms with Crippen molar-refractivity contribution in [2.24, 2.45) is 0 Å². The number of amides is 2. The Kier molecular flexibility index (Phi) is 6.32. The first-order valence-corrected chi connectivity index (χ1v) is 9.35. The second-order valence-corrected chi connectivity index (χ2v) is 7.29. The average Bonchev–Trinajstić information content (AvgIpc) is 2.65. The molecule has 3 aromatic carbocycles. The molecule has 0 aliphatic rings. The Balaban J connectivity index is 1.71. The maximum Gasteiger partial charge on any atom is 0.319 e. The Morgan fingerprint density at radius 1 is 1.00 bits per heavy atom. The summed E-state index contributed by atoms with van der Waals surface area (Å²) >= 11 is 6.00. The maximum absolute atomic E-state index is 12.6. The molecule has 2 amide bonds. The SMILES string of the molecule is CN(C)CCC(NC(=O)Nc1ccc2ccccc2c1)c1ccc(Cl)cc1. The van der Waals surface area contributed by atoms with Gasteiger partial charge in [0.25, 0.3) is 0 Å². The van der Waals surface area contributed by atoms with Gasteiger partial charge in [-0.25, -0.2) is 4.79 Å². The van der Waals surface area contributed by atoms with Crippen LogP contribution in [-0.2, 0) is 0 Å². The summed E-state index contributed by atoms with van der Waals surface area (Å²) in [6.45, 7) is 0.865. The summed E-state index contributed by atoms with van der Waals surface area (Å²) in [6, 6.07) is 21.3. The van der Waals surface area contributed by atoms with Crippen LogP contribution in [-0.4, -0.2) is 31.6 Å². The first-order valence-electron chi connectivity index (χ1n) is 8.98. The highest BCUT2D eigenvalue weighted by Crippen LogP contribution is 2.21. The van der Waals surface area contributed by atoms with E-state index in [1.165, 1.54) is 0 Å². The highest BCUT2D eigenvalue weighted by molar-refractivity contribution is 6.30. The summed E-state index contributed by atoms with van der Waals surface area (Å²) in [5.74, 6) is 0. The molecule has 0 aliphatic carbocycles. The number of benzene rings is 3. The lowest BCUT2D eigenvalue weighted by atomic mass is 10.0. The van der Waals surface area contributed by atoms with E-state index in [4.69, 9.17) is 11.6 Å². The molecule has 2 N–H and O–H groups in total. The Bertz CT molecular complexity index is 909. The normalized spacial score (nSPS) is 12.1. The molecule has 0 fully saturated rings. The lowest BCUT2D eigenvalue weighted by molar-refractivity contribution is 0.246. The van der Waals surface area contributed by atoms with E-state index in [1.807, 2.05) is 74.8 Å². The van der Waals surface area contributed by atoms with Crippen molar-refractivity contribution in [1.29, 1.82) is 0 Å². The van der Waals surface area contributed by atoms with Gasteiger partial charge < -0.3 is 15.5 Å². The highest BCUT2D eigenvalue weighted by Gasteiger charge is 2.15. The summed E-state index contributed by atoms with van der Waals surface area (Å²) < 4.78 is 0. The van der Waals surface area contributed by atoms with Crippen LogP contribution in [0.3, 0.4) is 0 Å². The number of hydrogen-bond donors (Lipinski definition) is 2. The van der Waals surface area contributed by atoms with E-state index in [1.54, 1.807) is 0 Å². The number of anilines is 1. The number of urea groups is 1. The maximum atomic E-state index is 12.6. The van der Waals surface area contributed by atoms with Crippen LogP contribution in [0, 0.1) is 0 Å². The molecule has 3 rings (SSSR count). The zero-order chi connectivity index (χ0) is 19.2. The molecule has 3 aromatic rings. The van der Waals surface area contributed by atoms with Crippen LogP contribution in [0.15, 0.2) is 66.7 Å². The molecular weight excluding hydrogens is 358 g/mol. The molecule has 0 aromatic heterocycles. The van der Waals surface area contributed by atoms with Crippen LogP contribution in [0.25, 0.3) is 10.8 Å². The quantitative estimate of drug-likeness (QED) is 0.607. The van der Waals surface area contributed by atoms with Gasteiger partial charge in [0, 0.05) is 10.7 Å². The molecule has 140 valence electrons. The Morgan fingerprint density at radius 3 is 2.41 bits per heavy atom. The van der Waals surface area contributed by atoms with Gasteiger partial charge in [-0.2, -0.15) is 0 Å². The molecule has 0 radical (unpaired) electrons. The molecule has 0 heterocycles. The largest absolute Gasteiger partial charge is 0.331 e. The van der Waals surface area contributed by atoms with Crippen molar-refractivity contribution < 1.29 is 4.79 Å². The summed E-state index contributed by atoms with van der Waals surface area (Å²) in [4.78, 5) is 14.7. The van der Waals surface area contributed by atoms with Crippen molar-refractivity contribution in [3.05, 3.63) is 77.3 Å². The van der Waals surface area contributed by atoms with Crippen molar-refractivity contribution in [3.63, 3.8) is 0 Å². The van der Waals surface area contributed by atoms with Gasteiger partial charge in [0.05, 0.1) is 6.04 Å². The minimum absolute atomic E-state index is 0.0925. The predicted octanol–water partition coefficient (Wildman–Crippen LogP) is 5.31. The van der Waals surface area contributed by atoms with Crippen LogP contribution in [0.1, 0.15) is 18.0 Å². The number of nitrogens with zero attached hydrogens (tertiary/aromatic N) is 1. The molecule has 4 nitrogen and oxygen atoms in total. The summed E-state index contributed by atoms with van der Waals surface area (Å²) in [5.41, 5.74) is 1.81. The summed E-state index contributed by atoms with van der Waals surface area (Å²) in [5, 5.41) is 8.96. The van der Waals surface area contributed by atoms with Crippen molar-refractivity contribution in [3.8, 4) is 0 Å². The van der Waals surface area contributed by atoms with Crippen molar-refractivity contribution in [2.75, 3.05) is 26.0 Å². The van der Waals surface area contributed by atoms with Gasteiger partial charge in [-0.05, 0) is 67.7 Å². The lowest BCUT2D eigenvalue weighted by Gasteiger charge is -2.21. The van der Waals surface area contributed by atoms with Crippen LogP contribution in [0.2, 0.25) is 5.02 Å². The van der Waals surface area contributed by atoms with E-state index in [2.05, 4.69) is 21.6 Å². The first kappa shape index (κ1) is 19.2. The monoisotopic (exact) mass is 381 g/mol. The molecule has 27 heavy (non-hydrogen) atoms. The number of halogens is 1. The van der Waals surface area contributed by atoms with E-state index in [-0.39, 0.29) is 12.1 Å². The summed E-state index contributed by atoms with van der Waals surface area (Å²) in [7, 11) is 4.04. The number of rotatable bonds is 6. The van der Waals surface area contributed by atoms with Crippen LogP contribution < -0.4 is 10.6 Å². The van der Waals surface area contributed by atoms with Gasteiger partial charge in [-0.15, -0.1) is 0 Å². The smallest absolute Gasteiger partial charge is 0.319 e.